The molecule has 1 heterocycles. The van der Waals surface area contributed by atoms with Crippen molar-refractivity contribution in [3.8, 4) is 5.88 Å². The minimum Gasteiger partial charge on any atom is -0.473 e. The van der Waals surface area contributed by atoms with E-state index in [1.807, 2.05) is 0 Å². The summed E-state index contributed by atoms with van der Waals surface area (Å²) < 4.78 is 6.40. The first-order valence-corrected chi connectivity index (χ1v) is 4.07. The van der Waals surface area contributed by atoms with Crippen molar-refractivity contribution < 1.29 is 14.8 Å². The van der Waals surface area contributed by atoms with E-state index in [-0.39, 0.29) is 24.8 Å². The molecule has 0 aliphatic rings. The lowest BCUT2D eigenvalue weighted by Crippen LogP contribution is -2.05. The Morgan fingerprint density at radius 3 is 3.07 bits per heavy atom. The number of hydrogen-bond donors (Lipinski definition) is 1. The van der Waals surface area contributed by atoms with E-state index >= 15 is 0 Å². The molecule has 14 heavy (non-hydrogen) atoms. The maximum Gasteiger partial charge on any atom is 0.350 e. The van der Waals surface area contributed by atoms with Gasteiger partial charge < -0.3 is 9.84 Å². The van der Waals surface area contributed by atoms with Crippen molar-refractivity contribution in [2.75, 3.05) is 13.2 Å². The number of nitro groups is 1. The number of ether oxygens (including phenoxy) is 1. The summed E-state index contributed by atoms with van der Waals surface area (Å²) in [7, 11) is 1.56. The third kappa shape index (κ3) is 2.19. The highest BCUT2D eigenvalue weighted by Gasteiger charge is 2.20. The summed E-state index contributed by atoms with van der Waals surface area (Å²) in [5.74, 6) is 0.114. The third-order valence-electron chi connectivity index (χ3n) is 1.60. The number of nitrogens with zero attached hydrogens (tertiary/aromatic N) is 3. The second kappa shape index (κ2) is 4.56. The van der Waals surface area contributed by atoms with E-state index in [0.29, 0.717) is 6.42 Å². The molecular formula is C7H11N3O4. The van der Waals surface area contributed by atoms with Gasteiger partial charge in [0.05, 0.1) is 11.5 Å². The van der Waals surface area contributed by atoms with Crippen molar-refractivity contribution >= 4 is 5.69 Å². The van der Waals surface area contributed by atoms with Gasteiger partial charge in [-0.05, 0) is 0 Å². The van der Waals surface area contributed by atoms with Gasteiger partial charge in [-0.25, -0.2) is 4.68 Å². The normalized spacial score (nSPS) is 10.1. The highest BCUT2D eigenvalue weighted by Crippen LogP contribution is 2.24. The van der Waals surface area contributed by atoms with Gasteiger partial charge in [0.1, 0.15) is 6.20 Å². The van der Waals surface area contributed by atoms with Crippen LogP contribution in [0.5, 0.6) is 5.88 Å². The fourth-order valence-electron chi connectivity index (χ4n) is 0.941. The molecule has 0 saturated heterocycles. The molecule has 0 amide bonds. The van der Waals surface area contributed by atoms with Gasteiger partial charge in [0.2, 0.25) is 0 Å². The van der Waals surface area contributed by atoms with E-state index in [1.165, 1.54) is 4.68 Å². The Balaban J connectivity index is 2.72. The summed E-state index contributed by atoms with van der Waals surface area (Å²) >= 11 is 0. The predicted octanol–water partition coefficient (Wildman–Crippen LogP) is 0.0895. The molecule has 0 aliphatic carbocycles. The first kappa shape index (κ1) is 10.5. The fourth-order valence-corrected chi connectivity index (χ4v) is 0.941. The molecule has 0 spiro atoms. The molecule has 1 rings (SSSR count). The summed E-state index contributed by atoms with van der Waals surface area (Å²) in [6.07, 6.45) is 1.57. The van der Waals surface area contributed by atoms with Gasteiger partial charge in [0.25, 0.3) is 5.88 Å². The van der Waals surface area contributed by atoms with Gasteiger partial charge in [0.15, 0.2) is 0 Å². The van der Waals surface area contributed by atoms with Crippen molar-refractivity contribution in [3.63, 3.8) is 0 Å². The van der Waals surface area contributed by atoms with Crippen molar-refractivity contribution in [2.24, 2.45) is 7.05 Å². The number of aryl methyl sites for hydroxylation is 1. The summed E-state index contributed by atoms with van der Waals surface area (Å²) in [4.78, 5) is 9.94. The Kier molecular flexibility index (Phi) is 3.41. The minimum atomic E-state index is -0.554. The molecule has 1 aromatic rings. The molecule has 0 bridgehead atoms. The van der Waals surface area contributed by atoms with Crippen LogP contribution in [0.3, 0.4) is 0 Å². The van der Waals surface area contributed by atoms with Crippen LogP contribution in [0.15, 0.2) is 6.20 Å². The Bertz CT molecular complexity index is 323. The van der Waals surface area contributed by atoms with Gasteiger partial charge in [-0.2, -0.15) is 5.10 Å². The molecular weight excluding hydrogens is 190 g/mol. The molecule has 78 valence electrons. The second-order valence-electron chi connectivity index (χ2n) is 2.64. The van der Waals surface area contributed by atoms with Gasteiger partial charge in [-0.15, -0.1) is 0 Å². The predicted molar refractivity (Wildman–Crippen MR) is 47.1 cm³/mol. The lowest BCUT2D eigenvalue weighted by Gasteiger charge is -2.03. The number of aliphatic hydroxyl groups is 1. The molecule has 7 heteroatoms. The Hall–Kier alpha value is -1.63. The Morgan fingerprint density at radius 2 is 2.50 bits per heavy atom. The summed E-state index contributed by atoms with van der Waals surface area (Å²) in [6, 6.07) is 0. The smallest absolute Gasteiger partial charge is 0.350 e. The monoisotopic (exact) mass is 201 g/mol. The van der Waals surface area contributed by atoms with Crippen molar-refractivity contribution in [1.29, 1.82) is 0 Å². The van der Waals surface area contributed by atoms with E-state index in [9.17, 15) is 10.1 Å². The second-order valence-corrected chi connectivity index (χ2v) is 2.64. The lowest BCUT2D eigenvalue weighted by molar-refractivity contribution is -0.386. The third-order valence-corrected chi connectivity index (χ3v) is 1.60. The van der Waals surface area contributed by atoms with E-state index in [2.05, 4.69) is 5.10 Å². The molecule has 0 aromatic carbocycles. The van der Waals surface area contributed by atoms with Gasteiger partial charge in [-0.1, -0.05) is 0 Å². The number of aliphatic hydroxyl groups excluding tert-OH is 1. The molecule has 0 aliphatic heterocycles. The minimum absolute atomic E-state index is 0.00828. The largest absolute Gasteiger partial charge is 0.473 e. The Labute approximate surface area is 80.1 Å². The molecule has 0 fully saturated rings. The SMILES string of the molecule is Cn1ncc([N+](=O)[O-])c1OCCCO. The first-order valence-electron chi connectivity index (χ1n) is 4.07. The van der Waals surface area contributed by atoms with Crippen LogP contribution in [-0.2, 0) is 7.05 Å². The number of aromatic nitrogens is 2. The topological polar surface area (TPSA) is 90.4 Å². The van der Waals surface area contributed by atoms with E-state index in [4.69, 9.17) is 9.84 Å². The molecule has 1 N–H and O–H groups in total. The van der Waals surface area contributed by atoms with Crippen LogP contribution in [0.25, 0.3) is 0 Å². The average molecular weight is 201 g/mol. The van der Waals surface area contributed by atoms with Crippen molar-refractivity contribution in [3.05, 3.63) is 16.3 Å². The van der Waals surface area contributed by atoms with Crippen LogP contribution >= 0.6 is 0 Å². The zero-order valence-electron chi connectivity index (χ0n) is 7.71. The van der Waals surface area contributed by atoms with Crippen LogP contribution in [0.4, 0.5) is 5.69 Å². The quantitative estimate of drug-likeness (QED) is 0.414. The Morgan fingerprint density at radius 1 is 1.79 bits per heavy atom. The zero-order valence-corrected chi connectivity index (χ0v) is 7.71. The van der Waals surface area contributed by atoms with Crippen LogP contribution < -0.4 is 4.74 Å². The van der Waals surface area contributed by atoms with E-state index in [0.717, 1.165) is 6.20 Å². The van der Waals surface area contributed by atoms with E-state index < -0.39 is 4.92 Å². The molecule has 0 unspecified atom stereocenters. The maximum atomic E-state index is 10.5. The van der Waals surface area contributed by atoms with Crippen LogP contribution in [-0.4, -0.2) is 33.0 Å². The first-order chi connectivity index (χ1) is 6.66. The van der Waals surface area contributed by atoms with Crippen molar-refractivity contribution in [1.82, 2.24) is 9.78 Å². The highest BCUT2D eigenvalue weighted by atomic mass is 16.6. The van der Waals surface area contributed by atoms with Crippen molar-refractivity contribution in [2.45, 2.75) is 6.42 Å². The maximum absolute atomic E-state index is 10.5. The van der Waals surface area contributed by atoms with Gasteiger partial charge in [0, 0.05) is 20.1 Å². The molecule has 0 radical (unpaired) electrons. The standard InChI is InChI=1S/C7H11N3O4/c1-9-7(14-4-2-3-11)6(5-8-9)10(12)13/h5,11H,2-4H2,1H3. The lowest BCUT2D eigenvalue weighted by atomic mass is 10.5. The number of hydrogen-bond acceptors (Lipinski definition) is 5. The van der Waals surface area contributed by atoms with Crippen LogP contribution in [0.2, 0.25) is 0 Å². The molecule has 7 nitrogen and oxygen atoms in total. The van der Waals surface area contributed by atoms with E-state index in [1.54, 1.807) is 7.05 Å². The summed E-state index contributed by atoms with van der Waals surface area (Å²) in [6.45, 7) is 0.225. The van der Waals surface area contributed by atoms with Gasteiger partial charge in [-0.3, -0.25) is 10.1 Å². The molecule has 0 atom stereocenters. The average Bonchev–Trinajstić information content (AvgIpc) is 2.48. The molecule has 1 aromatic heterocycles. The summed E-state index contributed by atoms with van der Waals surface area (Å²) in [5, 5.41) is 22.7. The fraction of sp³-hybridized carbons (Fsp3) is 0.571. The molecule has 0 saturated carbocycles. The summed E-state index contributed by atoms with van der Waals surface area (Å²) in [5.41, 5.74) is -0.162. The van der Waals surface area contributed by atoms with Gasteiger partial charge >= 0.3 is 5.69 Å². The number of rotatable bonds is 5. The van der Waals surface area contributed by atoms with Crippen LogP contribution in [0, 0.1) is 10.1 Å². The zero-order chi connectivity index (χ0) is 10.6. The van der Waals surface area contributed by atoms with Crippen LogP contribution in [0.1, 0.15) is 6.42 Å². The highest BCUT2D eigenvalue weighted by molar-refractivity contribution is 5.38.